The van der Waals surface area contributed by atoms with E-state index in [4.69, 9.17) is 28.9 Å². The third-order valence-corrected chi connectivity index (χ3v) is 4.28. The molecule has 0 saturated carbocycles. The minimum Gasteiger partial charge on any atom is -0.399 e. The molecule has 0 heterocycles. The van der Waals surface area contributed by atoms with Crippen LogP contribution in [0.15, 0.2) is 12.1 Å². The van der Waals surface area contributed by atoms with E-state index in [0.717, 1.165) is 0 Å². The molecule has 0 aliphatic rings. The van der Waals surface area contributed by atoms with E-state index >= 15 is 0 Å². The minimum atomic E-state index is -0.119. The van der Waals surface area contributed by atoms with Crippen molar-refractivity contribution in [1.29, 1.82) is 0 Å². The molecule has 1 rings (SSSR count). The summed E-state index contributed by atoms with van der Waals surface area (Å²) in [5.74, 6) is 0.422. The molecule has 3 N–H and O–H groups in total. The number of halogens is 2. The van der Waals surface area contributed by atoms with Gasteiger partial charge in [-0.05, 0) is 32.0 Å². The van der Waals surface area contributed by atoms with Gasteiger partial charge in [-0.15, -0.1) is 0 Å². The lowest BCUT2D eigenvalue weighted by molar-refractivity contribution is -0.116. The zero-order chi connectivity index (χ0) is 16.2. The van der Waals surface area contributed by atoms with Crippen LogP contribution in [-0.4, -0.2) is 30.4 Å². The van der Waals surface area contributed by atoms with E-state index in [9.17, 15) is 4.79 Å². The molecule has 1 amide bonds. The number of carbonyl (C=O) groups is 1. The van der Waals surface area contributed by atoms with Gasteiger partial charge in [0, 0.05) is 24.7 Å². The summed E-state index contributed by atoms with van der Waals surface area (Å²) < 4.78 is 0. The minimum absolute atomic E-state index is 0.119. The molecular formula is C15H23Cl2N3O. The smallest absolute Gasteiger partial charge is 0.225 e. The lowest BCUT2D eigenvalue weighted by Crippen LogP contribution is -2.35. The molecule has 118 valence electrons. The first kappa shape index (κ1) is 18.1. The first-order chi connectivity index (χ1) is 9.72. The number of carbonyl (C=O) groups excluding carboxylic acids is 1. The molecule has 0 saturated heterocycles. The number of hydrogen-bond acceptors (Lipinski definition) is 3. The average Bonchev–Trinajstić information content (AvgIpc) is 2.39. The third-order valence-electron chi connectivity index (χ3n) is 3.68. The average molecular weight is 332 g/mol. The molecule has 1 aromatic rings. The van der Waals surface area contributed by atoms with Gasteiger partial charge in [-0.2, -0.15) is 0 Å². The fraction of sp³-hybridized carbons (Fsp3) is 0.533. The molecule has 0 aromatic heterocycles. The van der Waals surface area contributed by atoms with Crippen molar-refractivity contribution >= 4 is 40.5 Å². The molecule has 1 atom stereocenters. The first-order valence-electron chi connectivity index (χ1n) is 6.97. The van der Waals surface area contributed by atoms with Gasteiger partial charge in [0.1, 0.15) is 0 Å². The molecule has 0 radical (unpaired) electrons. The Morgan fingerprint density at radius 1 is 1.29 bits per heavy atom. The van der Waals surface area contributed by atoms with Crippen LogP contribution in [0.4, 0.5) is 11.4 Å². The zero-order valence-electron chi connectivity index (χ0n) is 12.9. The van der Waals surface area contributed by atoms with Crippen molar-refractivity contribution in [2.75, 3.05) is 24.6 Å². The van der Waals surface area contributed by atoms with Gasteiger partial charge in [0.05, 0.1) is 15.7 Å². The summed E-state index contributed by atoms with van der Waals surface area (Å²) in [6, 6.07) is 3.55. The number of anilines is 2. The molecule has 21 heavy (non-hydrogen) atoms. The highest BCUT2D eigenvalue weighted by atomic mass is 35.5. The summed E-state index contributed by atoms with van der Waals surface area (Å²) in [5.41, 5.74) is 6.51. The van der Waals surface area contributed by atoms with E-state index in [1.54, 1.807) is 12.1 Å². The highest BCUT2D eigenvalue weighted by molar-refractivity contribution is 6.40. The highest BCUT2D eigenvalue weighted by Crippen LogP contribution is 2.32. The van der Waals surface area contributed by atoms with Gasteiger partial charge < -0.3 is 16.0 Å². The largest absolute Gasteiger partial charge is 0.399 e. The van der Waals surface area contributed by atoms with Gasteiger partial charge in [0.25, 0.3) is 0 Å². The Morgan fingerprint density at radius 2 is 1.81 bits per heavy atom. The molecule has 1 unspecified atom stereocenters. The Labute approximate surface area is 136 Å². The number of rotatable bonds is 6. The lowest BCUT2D eigenvalue weighted by Gasteiger charge is -2.27. The van der Waals surface area contributed by atoms with Crippen molar-refractivity contribution < 1.29 is 4.79 Å². The second-order valence-corrected chi connectivity index (χ2v) is 6.44. The van der Waals surface area contributed by atoms with Gasteiger partial charge in [0.2, 0.25) is 5.91 Å². The fourth-order valence-electron chi connectivity index (χ4n) is 1.90. The second-order valence-electron chi connectivity index (χ2n) is 5.62. The number of nitrogens with zero attached hydrogens (tertiary/aromatic N) is 1. The van der Waals surface area contributed by atoms with Gasteiger partial charge in [0.15, 0.2) is 0 Å². The van der Waals surface area contributed by atoms with Crippen LogP contribution in [0.2, 0.25) is 10.0 Å². The van der Waals surface area contributed by atoms with E-state index in [1.165, 1.54) is 0 Å². The summed E-state index contributed by atoms with van der Waals surface area (Å²) >= 11 is 12.1. The predicted molar refractivity (Wildman–Crippen MR) is 91.1 cm³/mol. The maximum Gasteiger partial charge on any atom is 0.225 e. The van der Waals surface area contributed by atoms with Crippen LogP contribution in [0.1, 0.15) is 27.2 Å². The fourth-order valence-corrected chi connectivity index (χ4v) is 2.50. The number of nitrogen functional groups attached to an aromatic ring is 1. The first-order valence-corrected chi connectivity index (χ1v) is 7.72. The topological polar surface area (TPSA) is 58.4 Å². The van der Waals surface area contributed by atoms with Gasteiger partial charge in [-0.1, -0.05) is 37.0 Å². The van der Waals surface area contributed by atoms with E-state index < -0.39 is 0 Å². The number of benzene rings is 1. The van der Waals surface area contributed by atoms with Gasteiger partial charge in [-0.3, -0.25) is 4.79 Å². The summed E-state index contributed by atoms with van der Waals surface area (Å²) in [5, 5.41) is 3.43. The van der Waals surface area contributed by atoms with Crippen LogP contribution in [0, 0.1) is 5.92 Å². The third kappa shape index (κ3) is 5.38. The standard InChI is InChI=1S/C15H23Cl2N3O/c1-9(2)10(3)20(4)6-5-14(21)19-15-12(16)7-11(18)8-13(15)17/h7-10H,5-6,18H2,1-4H3,(H,19,21). The Bertz CT molecular complexity index is 483. The van der Waals surface area contributed by atoms with Crippen LogP contribution in [0.3, 0.4) is 0 Å². The van der Waals surface area contributed by atoms with Gasteiger partial charge in [-0.25, -0.2) is 0 Å². The number of nitrogens with one attached hydrogen (secondary N) is 1. The molecule has 6 heteroatoms. The maximum atomic E-state index is 12.0. The molecule has 1 aromatic carbocycles. The van der Waals surface area contributed by atoms with Crippen molar-refractivity contribution in [3.05, 3.63) is 22.2 Å². The van der Waals surface area contributed by atoms with E-state index in [1.807, 2.05) is 7.05 Å². The molecule has 0 bridgehead atoms. The molecule has 4 nitrogen and oxygen atoms in total. The van der Waals surface area contributed by atoms with E-state index in [-0.39, 0.29) is 5.91 Å². The molecular weight excluding hydrogens is 309 g/mol. The Balaban J connectivity index is 2.59. The van der Waals surface area contributed by atoms with E-state index in [2.05, 4.69) is 31.0 Å². The summed E-state index contributed by atoms with van der Waals surface area (Å²) in [6.07, 6.45) is 0.380. The number of amides is 1. The Kier molecular flexibility index (Phi) is 6.78. The van der Waals surface area contributed by atoms with Crippen LogP contribution >= 0.6 is 23.2 Å². The van der Waals surface area contributed by atoms with Crippen LogP contribution in [0.5, 0.6) is 0 Å². The quantitative estimate of drug-likeness (QED) is 0.777. The van der Waals surface area contributed by atoms with Crippen LogP contribution in [-0.2, 0) is 4.79 Å². The zero-order valence-corrected chi connectivity index (χ0v) is 14.4. The van der Waals surface area contributed by atoms with E-state index in [0.29, 0.717) is 46.3 Å². The highest BCUT2D eigenvalue weighted by Gasteiger charge is 2.15. The monoisotopic (exact) mass is 331 g/mol. The summed E-state index contributed by atoms with van der Waals surface area (Å²) in [6.45, 7) is 7.15. The van der Waals surface area contributed by atoms with Crippen molar-refractivity contribution in [2.24, 2.45) is 5.92 Å². The molecule has 0 aliphatic carbocycles. The summed E-state index contributed by atoms with van der Waals surface area (Å²) in [7, 11) is 2.01. The van der Waals surface area contributed by atoms with Crippen LogP contribution < -0.4 is 11.1 Å². The van der Waals surface area contributed by atoms with Crippen molar-refractivity contribution in [1.82, 2.24) is 4.90 Å². The number of nitrogens with two attached hydrogens (primary N) is 1. The predicted octanol–water partition coefficient (Wildman–Crippen LogP) is 3.88. The normalized spacial score (nSPS) is 12.8. The van der Waals surface area contributed by atoms with Gasteiger partial charge >= 0.3 is 0 Å². The van der Waals surface area contributed by atoms with Crippen molar-refractivity contribution in [3.8, 4) is 0 Å². The SMILES string of the molecule is CC(C)C(C)N(C)CCC(=O)Nc1c(Cl)cc(N)cc1Cl. The Hall–Kier alpha value is -0.970. The van der Waals surface area contributed by atoms with Crippen molar-refractivity contribution in [2.45, 2.75) is 33.2 Å². The summed E-state index contributed by atoms with van der Waals surface area (Å²) in [4.78, 5) is 14.2. The van der Waals surface area contributed by atoms with Crippen molar-refractivity contribution in [3.63, 3.8) is 0 Å². The maximum absolute atomic E-state index is 12.0. The molecule has 0 spiro atoms. The lowest BCUT2D eigenvalue weighted by atomic mass is 10.1. The molecule has 0 fully saturated rings. The van der Waals surface area contributed by atoms with Crippen LogP contribution in [0.25, 0.3) is 0 Å². The number of hydrogen-bond donors (Lipinski definition) is 2. The Morgan fingerprint density at radius 3 is 2.29 bits per heavy atom. The second kappa shape index (κ2) is 7.87. The molecule has 0 aliphatic heterocycles.